The van der Waals surface area contributed by atoms with E-state index in [4.69, 9.17) is 0 Å². The minimum absolute atomic E-state index is 0. The van der Waals surface area contributed by atoms with Crippen LogP contribution in [0.4, 0.5) is 0 Å². The molecule has 1 aromatic rings. The first-order valence-corrected chi connectivity index (χ1v) is 3.99. The number of rotatable bonds is 4. The van der Waals surface area contributed by atoms with Crippen LogP contribution < -0.4 is 34.7 Å². The molecular weight excluding hydrogens is 209 g/mol. The van der Waals surface area contributed by atoms with Gasteiger partial charge in [-0.05, 0) is 5.56 Å². The predicted molar refractivity (Wildman–Crippen MR) is 45.9 cm³/mol. The van der Waals surface area contributed by atoms with Crippen LogP contribution in [0.15, 0.2) is 30.3 Å². The first-order chi connectivity index (χ1) is 6.61. The average Bonchev–Trinajstić information content (AvgIpc) is 2.15. The molecule has 5 nitrogen and oxygen atoms in total. The van der Waals surface area contributed by atoms with Crippen LogP contribution in [0.2, 0.25) is 0 Å². The molecule has 0 saturated heterocycles. The maximum Gasteiger partial charge on any atom is 1.00 e. The molecule has 0 bridgehead atoms. The standard InChI is InChI=1S/C9H9NO4.Na/c11-9(12)8(10(13)14)6-7-4-2-1-3-5-7;/h1-5,8H,6H2,(H,11,12);/q;+1/p-1. The van der Waals surface area contributed by atoms with Gasteiger partial charge in [-0.2, -0.15) is 0 Å². The molecule has 6 heteroatoms. The van der Waals surface area contributed by atoms with Crippen molar-refractivity contribution >= 4 is 5.97 Å². The fourth-order valence-corrected chi connectivity index (χ4v) is 1.08. The Bertz CT molecular complexity index is 327. The average molecular weight is 217 g/mol. The Balaban J connectivity index is 0.00000196. The Morgan fingerprint density at radius 3 is 2.27 bits per heavy atom. The van der Waals surface area contributed by atoms with Crippen molar-refractivity contribution in [1.82, 2.24) is 0 Å². The maximum atomic E-state index is 10.4. The molecule has 1 aromatic carbocycles. The van der Waals surface area contributed by atoms with E-state index in [1.807, 2.05) is 0 Å². The van der Waals surface area contributed by atoms with Gasteiger partial charge in [-0.3, -0.25) is 10.1 Å². The van der Waals surface area contributed by atoms with Crippen molar-refractivity contribution in [2.45, 2.75) is 12.5 Å². The van der Waals surface area contributed by atoms with Crippen LogP contribution in [0.5, 0.6) is 0 Å². The maximum absolute atomic E-state index is 10.4. The van der Waals surface area contributed by atoms with Crippen LogP contribution in [-0.2, 0) is 11.2 Å². The van der Waals surface area contributed by atoms with Gasteiger partial charge in [0.25, 0.3) is 6.04 Å². The van der Waals surface area contributed by atoms with Crippen molar-refractivity contribution in [3.63, 3.8) is 0 Å². The minimum atomic E-state index is -1.67. The second-order valence-electron chi connectivity index (χ2n) is 2.81. The summed E-state index contributed by atoms with van der Waals surface area (Å²) >= 11 is 0. The normalized spacial score (nSPS) is 11.2. The molecule has 0 aliphatic heterocycles. The number of carbonyl (C=O) groups is 1. The topological polar surface area (TPSA) is 83.3 Å². The molecule has 74 valence electrons. The third-order valence-electron chi connectivity index (χ3n) is 1.80. The van der Waals surface area contributed by atoms with Crippen molar-refractivity contribution < 1.29 is 44.4 Å². The van der Waals surface area contributed by atoms with E-state index in [9.17, 15) is 20.0 Å². The zero-order valence-electron chi connectivity index (χ0n) is 8.25. The molecule has 1 unspecified atom stereocenters. The summed E-state index contributed by atoms with van der Waals surface area (Å²) < 4.78 is 0. The van der Waals surface area contributed by atoms with Crippen molar-refractivity contribution in [2.75, 3.05) is 0 Å². The summed E-state index contributed by atoms with van der Waals surface area (Å²) in [7, 11) is 0. The molecule has 0 fully saturated rings. The predicted octanol–water partition coefficient (Wildman–Crippen LogP) is -3.37. The van der Waals surface area contributed by atoms with Gasteiger partial charge in [0, 0.05) is 11.3 Å². The number of benzene rings is 1. The van der Waals surface area contributed by atoms with Gasteiger partial charge in [0.2, 0.25) is 0 Å². The van der Waals surface area contributed by atoms with Gasteiger partial charge >= 0.3 is 29.6 Å². The number of hydrogen-bond donors (Lipinski definition) is 0. The molecule has 0 N–H and O–H groups in total. The number of carbonyl (C=O) groups excluding carboxylic acids is 1. The van der Waals surface area contributed by atoms with Gasteiger partial charge in [0.1, 0.15) is 5.97 Å². The molecule has 0 radical (unpaired) electrons. The van der Waals surface area contributed by atoms with E-state index >= 15 is 0 Å². The smallest absolute Gasteiger partial charge is 0.543 e. The quantitative estimate of drug-likeness (QED) is 0.299. The third-order valence-corrected chi connectivity index (χ3v) is 1.80. The Labute approximate surface area is 109 Å². The van der Waals surface area contributed by atoms with Gasteiger partial charge in [-0.25, -0.2) is 0 Å². The Kier molecular flexibility index (Phi) is 6.15. The Morgan fingerprint density at radius 1 is 1.33 bits per heavy atom. The summed E-state index contributed by atoms with van der Waals surface area (Å²) in [6, 6.07) is 6.75. The Morgan fingerprint density at radius 2 is 1.87 bits per heavy atom. The molecule has 0 amide bonds. The first kappa shape index (κ1) is 14.1. The monoisotopic (exact) mass is 217 g/mol. The summed E-state index contributed by atoms with van der Waals surface area (Å²) in [4.78, 5) is 19.9. The molecule has 0 aliphatic carbocycles. The van der Waals surface area contributed by atoms with Gasteiger partial charge in [0.15, 0.2) is 0 Å². The minimum Gasteiger partial charge on any atom is -0.543 e. The number of aliphatic carboxylic acids is 1. The molecule has 1 atom stereocenters. The van der Waals surface area contributed by atoms with Crippen LogP contribution in [0, 0.1) is 10.1 Å². The van der Waals surface area contributed by atoms with Crippen molar-refractivity contribution in [3.05, 3.63) is 46.0 Å². The number of carboxylic acids is 1. The number of nitro groups is 1. The van der Waals surface area contributed by atoms with E-state index in [0.717, 1.165) is 0 Å². The summed E-state index contributed by atoms with van der Waals surface area (Å²) in [6.07, 6.45) is -0.143. The van der Waals surface area contributed by atoms with Crippen LogP contribution >= 0.6 is 0 Å². The SMILES string of the molecule is O=C([O-])C(Cc1ccccc1)[N+](=O)[O-].[Na+]. The number of hydrogen-bond acceptors (Lipinski definition) is 4. The van der Waals surface area contributed by atoms with Gasteiger partial charge in [-0.15, -0.1) is 0 Å². The largest absolute Gasteiger partial charge is 1.00 e. The van der Waals surface area contributed by atoms with E-state index in [-0.39, 0.29) is 36.0 Å². The van der Waals surface area contributed by atoms with Gasteiger partial charge in [0.05, 0.1) is 0 Å². The molecule has 15 heavy (non-hydrogen) atoms. The van der Waals surface area contributed by atoms with Crippen molar-refractivity contribution in [1.29, 1.82) is 0 Å². The molecule has 0 aliphatic rings. The zero-order valence-corrected chi connectivity index (χ0v) is 10.3. The van der Waals surface area contributed by atoms with E-state index in [0.29, 0.717) is 5.56 Å². The summed E-state index contributed by atoms with van der Waals surface area (Å²) in [5, 5.41) is 20.7. The van der Waals surface area contributed by atoms with E-state index in [1.165, 1.54) is 0 Å². The second kappa shape index (κ2) is 6.55. The Hall–Kier alpha value is -0.910. The fraction of sp³-hybridized carbons (Fsp3) is 0.222. The van der Waals surface area contributed by atoms with E-state index < -0.39 is 16.9 Å². The summed E-state index contributed by atoms with van der Waals surface area (Å²) in [5.74, 6) is -1.65. The van der Waals surface area contributed by atoms with Crippen LogP contribution in [-0.4, -0.2) is 16.9 Å². The van der Waals surface area contributed by atoms with Crippen LogP contribution in [0.25, 0.3) is 0 Å². The van der Waals surface area contributed by atoms with Gasteiger partial charge in [-0.1, -0.05) is 30.3 Å². The molecule has 1 rings (SSSR count). The summed E-state index contributed by atoms with van der Waals surface area (Å²) in [5.41, 5.74) is 0.610. The molecule has 0 saturated carbocycles. The third kappa shape index (κ3) is 4.42. The molecule has 0 heterocycles. The summed E-state index contributed by atoms with van der Waals surface area (Å²) in [6.45, 7) is 0. The van der Waals surface area contributed by atoms with E-state index in [2.05, 4.69) is 0 Å². The molecular formula is C9H8NNaO4. The fourth-order valence-electron chi connectivity index (χ4n) is 1.08. The molecule has 0 aromatic heterocycles. The van der Waals surface area contributed by atoms with E-state index in [1.54, 1.807) is 30.3 Å². The van der Waals surface area contributed by atoms with Gasteiger partial charge < -0.3 is 9.90 Å². The zero-order chi connectivity index (χ0) is 10.6. The second-order valence-corrected chi connectivity index (χ2v) is 2.81. The molecule has 0 spiro atoms. The number of carboxylic acid groups (broad SMARTS) is 1. The first-order valence-electron chi connectivity index (χ1n) is 3.99. The number of nitrogens with zero attached hydrogens (tertiary/aromatic N) is 1. The van der Waals surface area contributed by atoms with Crippen molar-refractivity contribution in [3.8, 4) is 0 Å². The van der Waals surface area contributed by atoms with Crippen LogP contribution in [0.1, 0.15) is 5.56 Å². The van der Waals surface area contributed by atoms with Crippen molar-refractivity contribution in [2.24, 2.45) is 0 Å². The van der Waals surface area contributed by atoms with Crippen LogP contribution in [0.3, 0.4) is 0 Å².